The van der Waals surface area contributed by atoms with Crippen LogP contribution in [0.1, 0.15) is 59.8 Å². The molecule has 0 spiro atoms. The maximum Gasteiger partial charge on any atom is 0.313 e. The zero-order valence-electron chi connectivity index (χ0n) is 16.4. The van der Waals surface area contributed by atoms with E-state index in [2.05, 4.69) is 0 Å². The number of carbonyl (C=O) groups is 3. The third-order valence-electron chi connectivity index (χ3n) is 6.86. The van der Waals surface area contributed by atoms with Crippen LogP contribution < -0.4 is 0 Å². The Morgan fingerprint density at radius 3 is 2.48 bits per heavy atom. The molecule has 4 rings (SSSR count). The molecule has 0 aromatic carbocycles. The fourth-order valence-corrected chi connectivity index (χ4v) is 4.70. The first kappa shape index (κ1) is 18.7. The van der Waals surface area contributed by atoms with E-state index in [-0.39, 0.29) is 5.97 Å². The molecule has 4 aliphatic rings. The molecule has 3 aliphatic heterocycles. The number of rotatable bonds is 5. The third kappa shape index (κ3) is 2.85. The molecule has 3 heterocycles. The lowest BCUT2D eigenvalue weighted by Crippen LogP contribution is -2.50. The molecule has 0 radical (unpaired) electrons. The second kappa shape index (κ2) is 6.19. The lowest BCUT2D eigenvalue weighted by Gasteiger charge is -2.32. The first-order chi connectivity index (χ1) is 12.7. The average molecular weight is 380 g/mol. The van der Waals surface area contributed by atoms with E-state index in [1.807, 2.05) is 13.8 Å². The molecule has 4 fully saturated rings. The topological polar surface area (TPSA) is 88.1 Å². The molecule has 27 heavy (non-hydrogen) atoms. The van der Waals surface area contributed by atoms with E-state index in [0.717, 1.165) is 25.7 Å². The van der Waals surface area contributed by atoms with Crippen LogP contribution in [0.3, 0.4) is 0 Å². The van der Waals surface area contributed by atoms with Crippen molar-refractivity contribution in [1.82, 2.24) is 0 Å². The minimum absolute atomic E-state index is 0.375. The summed E-state index contributed by atoms with van der Waals surface area (Å²) >= 11 is 0. The number of hydrogen-bond acceptors (Lipinski definition) is 7. The maximum atomic E-state index is 13.0. The number of fused-ring (bicyclic) bond motifs is 1. The summed E-state index contributed by atoms with van der Waals surface area (Å²) in [6, 6.07) is 0. The van der Waals surface area contributed by atoms with Gasteiger partial charge in [-0.3, -0.25) is 14.4 Å². The zero-order valence-corrected chi connectivity index (χ0v) is 16.4. The zero-order chi connectivity index (χ0) is 19.6. The van der Waals surface area contributed by atoms with Crippen molar-refractivity contribution in [3.05, 3.63) is 0 Å². The van der Waals surface area contributed by atoms with Crippen LogP contribution in [0.25, 0.3) is 0 Å². The summed E-state index contributed by atoms with van der Waals surface area (Å²) in [5, 5.41) is 0. The molecule has 0 aromatic rings. The van der Waals surface area contributed by atoms with E-state index in [9.17, 15) is 14.4 Å². The van der Waals surface area contributed by atoms with Crippen LogP contribution in [0.2, 0.25) is 0 Å². The van der Waals surface area contributed by atoms with E-state index in [1.165, 1.54) is 0 Å². The lowest BCUT2D eigenvalue weighted by molar-refractivity contribution is -0.175. The lowest BCUT2D eigenvalue weighted by atomic mass is 9.78. The summed E-state index contributed by atoms with van der Waals surface area (Å²) in [5.41, 5.74) is -1.14. The SMILES string of the molecule is CCC(C)(C)C(=O)OC1C2OC(=O)C3C2OC1C3C(=O)OC1(C)CCCC1. The number of hydrogen-bond donors (Lipinski definition) is 0. The molecule has 2 bridgehead atoms. The minimum atomic E-state index is -0.777. The Kier molecular flexibility index (Phi) is 4.29. The molecule has 150 valence electrons. The molecule has 6 atom stereocenters. The highest BCUT2D eigenvalue weighted by Crippen LogP contribution is 2.52. The van der Waals surface area contributed by atoms with E-state index < -0.39 is 59.2 Å². The van der Waals surface area contributed by atoms with Gasteiger partial charge in [0.2, 0.25) is 0 Å². The first-order valence-electron chi connectivity index (χ1n) is 9.97. The molecular weight excluding hydrogens is 352 g/mol. The number of ether oxygens (including phenoxy) is 4. The van der Waals surface area contributed by atoms with Crippen LogP contribution in [0.15, 0.2) is 0 Å². The van der Waals surface area contributed by atoms with Crippen molar-refractivity contribution in [2.24, 2.45) is 17.3 Å². The van der Waals surface area contributed by atoms with Gasteiger partial charge in [-0.15, -0.1) is 0 Å². The average Bonchev–Trinajstić information content (AvgIpc) is 3.32. The molecule has 3 saturated heterocycles. The van der Waals surface area contributed by atoms with Crippen LogP contribution in [0.5, 0.6) is 0 Å². The predicted octanol–water partition coefficient (Wildman–Crippen LogP) is 2.15. The molecule has 7 nitrogen and oxygen atoms in total. The second-order valence-electron chi connectivity index (χ2n) is 9.20. The van der Waals surface area contributed by atoms with Crippen molar-refractivity contribution in [1.29, 1.82) is 0 Å². The first-order valence-corrected chi connectivity index (χ1v) is 9.97. The van der Waals surface area contributed by atoms with Gasteiger partial charge in [-0.2, -0.15) is 0 Å². The predicted molar refractivity (Wildman–Crippen MR) is 92.4 cm³/mol. The highest BCUT2D eigenvalue weighted by molar-refractivity contribution is 5.87. The van der Waals surface area contributed by atoms with Gasteiger partial charge in [0.05, 0.1) is 5.41 Å². The summed E-state index contributed by atoms with van der Waals surface area (Å²) in [7, 11) is 0. The van der Waals surface area contributed by atoms with Crippen LogP contribution in [-0.2, 0) is 33.3 Å². The molecule has 0 amide bonds. The fourth-order valence-electron chi connectivity index (χ4n) is 4.70. The van der Waals surface area contributed by atoms with Gasteiger partial charge < -0.3 is 18.9 Å². The van der Waals surface area contributed by atoms with Gasteiger partial charge >= 0.3 is 17.9 Å². The molecule has 1 saturated carbocycles. The van der Waals surface area contributed by atoms with E-state index >= 15 is 0 Å². The Bertz CT molecular complexity index is 663. The van der Waals surface area contributed by atoms with Gasteiger partial charge in [-0.1, -0.05) is 6.92 Å². The van der Waals surface area contributed by atoms with Gasteiger partial charge in [0.1, 0.15) is 29.6 Å². The molecule has 1 aliphatic carbocycles. The summed E-state index contributed by atoms with van der Waals surface area (Å²) < 4.78 is 22.8. The van der Waals surface area contributed by atoms with E-state index in [1.54, 1.807) is 13.8 Å². The summed E-state index contributed by atoms with van der Waals surface area (Å²) in [6.45, 7) is 7.45. The number of carbonyl (C=O) groups excluding carboxylic acids is 3. The van der Waals surface area contributed by atoms with Crippen molar-refractivity contribution in [2.75, 3.05) is 0 Å². The van der Waals surface area contributed by atoms with Crippen LogP contribution >= 0.6 is 0 Å². The highest BCUT2D eigenvalue weighted by atomic mass is 16.7. The molecule has 0 aromatic heterocycles. The maximum absolute atomic E-state index is 13.0. The molecule has 7 heteroatoms. The largest absolute Gasteiger partial charge is 0.459 e. The van der Waals surface area contributed by atoms with Crippen LogP contribution in [-0.4, -0.2) is 47.9 Å². The van der Waals surface area contributed by atoms with Gasteiger partial charge in [0.25, 0.3) is 0 Å². The van der Waals surface area contributed by atoms with E-state index in [4.69, 9.17) is 18.9 Å². The quantitative estimate of drug-likeness (QED) is 0.533. The van der Waals surface area contributed by atoms with E-state index in [0.29, 0.717) is 6.42 Å². The van der Waals surface area contributed by atoms with Gasteiger partial charge in [0.15, 0.2) is 12.2 Å². The molecular formula is C20H28O7. The number of esters is 3. The molecule has 0 N–H and O–H groups in total. The Labute approximate surface area is 159 Å². The van der Waals surface area contributed by atoms with Gasteiger partial charge in [-0.05, 0) is 52.9 Å². The minimum Gasteiger partial charge on any atom is -0.459 e. The van der Waals surface area contributed by atoms with Crippen molar-refractivity contribution >= 4 is 17.9 Å². The summed E-state index contributed by atoms with van der Waals surface area (Å²) in [4.78, 5) is 37.9. The third-order valence-corrected chi connectivity index (χ3v) is 6.86. The Hall–Kier alpha value is -1.63. The van der Waals surface area contributed by atoms with Crippen molar-refractivity contribution in [3.8, 4) is 0 Å². The Morgan fingerprint density at radius 1 is 1.19 bits per heavy atom. The van der Waals surface area contributed by atoms with Crippen molar-refractivity contribution in [3.63, 3.8) is 0 Å². The standard InChI is InChI=1S/C20H28O7/c1-5-19(2,3)18(23)26-15-13-11(10-12(24-13)14(15)25-16(10)21)17(22)27-20(4)8-6-7-9-20/h10-15H,5-9H2,1-4H3. The Balaban J connectivity index is 1.54. The van der Waals surface area contributed by atoms with Gasteiger partial charge in [0, 0.05) is 0 Å². The van der Waals surface area contributed by atoms with Crippen LogP contribution in [0.4, 0.5) is 0 Å². The van der Waals surface area contributed by atoms with Gasteiger partial charge in [-0.25, -0.2) is 0 Å². The second-order valence-corrected chi connectivity index (χ2v) is 9.20. The fraction of sp³-hybridized carbons (Fsp3) is 0.850. The monoisotopic (exact) mass is 380 g/mol. The smallest absolute Gasteiger partial charge is 0.313 e. The van der Waals surface area contributed by atoms with Crippen LogP contribution in [0, 0.1) is 17.3 Å². The Morgan fingerprint density at radius 2 is 1.85 bits per heavy atom. The molecule has 6 unspecified atom stereocenters. The highest BCUT2D eigenvalue weighted by Gasteiger charge is 2.72. The van der Waals surface area contributed by atoms with Crippen molar-refractivity contribution in [2.45, 2.75) is 89.8 Å². The normalized spacial score (nSPS) is 38.7. The summed E-state index contributed by atoms with van der Waals surface area (Å²) in [5.74, 6) is -2.71. The van der Waals surface area contributed by atoms with Crippen molar-refractivity contribution < 1.29 is 33.3 Å². The summed E-state index contributed by atoms with van der Waals surface area (Å²) in [6.07, 6.45) is 1.69.